The number of fused-ring (bicyclic) bond motifs is 1. The Bertz CT molecular complexity index is 661. The minimum absolute atomic E-state index is 0.293. The number of benzene rings is 2. The number of hydrogen-bond donors (Lipinski definition) is 2. The topological polar surface area (TPSA) is 68.8 Å². The fourth-order valence-electron chi connectivity index (χ4n) is 2.15. The number of carbonyl (C=O) groups excluding carboxylic acids is 1. The maximum absolute atomic E-state index is 11.8. The van der Waals surface area contributed by atoms with E-state index >= 15 is 0 Å². The van der Waals surface area contributed by atoms with Gasteiger partial charge >= 0.3 is 6.03 Å². The molecule has 0 spiro atoms. The SMILES string of the molecule is O=C(NCCOc1ccccc1)Nc1ccc2c(c1)OCCO2. The number of ether oxygens (including phenoxy) is 3. The molecule has 3 rings (SSSR count). The van der Waals surface area contributed by atoms with Crippen molar-refractivity contribution in [2.75, 3.05) is 31.7 Å². The summed E-state index contributed by atoms with van der Waals surface area (Å²) < 4.78 is 16.4. The summed E-state index contributed by atoms with van der Waals surface area (Å²) >= 11 is 0. The average molecular weight is 314 g/mol. The number of anilines is 1. The van der Waals surface area contributed by atoms with Crippen molar-refractivity contribution in [2.45, 2.75) is 0 Å². The van der Waals surface area contributed by atoms with E-state index in [1.54, 1.807) is 18.2 Å². The van der Waals surface area contributed by atoms with E-state index in [1.165, 1.54) is 0 Å². The van der Waals surface area contributed by atoms with Crippen LogP contribution < -0.4 is 24.8 Å². The summed E-state index contributed by atoms with van der Waals surface area (Å²) in [6.07, 6.45) is 0. The van der Waals surface area contributed by atoms with E-state index in [0.717, 1.165) is 5.75 Å². The number of para-hydroxylation sites is 1. The smallest absolute Gasteiger partial charge is 0.319 e. The standard InChI is InChI=1S/C17H18N2O4/c20-17(18-8-9-21-14-4-2-1-3-5-14)19-13-6-7-15-16(12-13)23-11-10-22-15/h1-7,12H,8-11H2,(H2,18,19,20). The minimum Gasteiger partial charge on any atom is -0.492 e. The zero-order chi connectivity index (χ0) is 15.9. The summed E-state index contributed by atoms with van der Waals surface area (Å²) in [5.74, 6) is 2.11. The number of carbonyl (C=O) groups is 1. The molecular formula is C17H18N2O4. The monoisotopic (exact) mass is 314 g/mol. The maximum Gasteiger partial charge on any atom is 0.319 e. The summed E-state index contributed by atoms with van der Waals surface area (Å²) in [4.78, 5) is 11.8. The molecule has 0 radical (unpaired) electrons. The molecule has 0 saturated carbocycles. The first-order valence-corrected chi connectivity index (χ1v) is 7.43. The molecule has 0 aromatic heterocycles. The van der Waals surface area contributed by atoms with Gasteiger partial charge in [-0.25, -0.2) is 4.79 Å². The summed E-state index contributed by atoms with van der Waals surface area (Å²) in [5, 5.41) is 5.48. The van der Waals surface area contributed by atoms with E-state index in [-0.39, 0.29) is 6.03 Å². The Morgan fingerprint density at radius 3 is 2.65 bits per heavy atom. The second kappa shape index (κ2) is 7.40. The number of amides is 2. The first-order chi connectivity index (χ1) is 11.3. The van der Waals surface area contributed by atoms with Gasteiger partial charge in [0.2, 0.25) is 0 Å². The molecule has 1 heterocycles. The van der Waals surface area contributed by atoms with Crippen LogP contribution >= 0.6 is 0 Å². The van der Waals surface area contributed by atoms with Crippen LogP contribution in [0.15, 0.2) is 48.5 Å². The molecule has 0 saturated heterocycles. The van der Waals surface area contributed by atoms with E-state index < -0.39 is 0 Å². The molecule has 120 valence electrons. The highest BCUT2D eigenvalue weighted by Gasteiger charge is 2.12. The van der Waals surface area contributed by atoms with Crippen LogP contribution in [0.5, 0.6) is 17.2 Å². The zero-order valence-corrected chi connectivity index (χ0v) is 12.6. The zero-order valence-electron chi connectivity index (χ0n) is 12.6. The molecule has 0 unspecified atom stereocenters. The van der Waals surface area contributed by atoms with Gasteiger partial charge < -0.3 is 24.8 Å². The van der Waals surface area contributed by atoms with Gasteiger partial charge in [0.1, 0.15) is 25.6 Å². The summed E-state index contributed by atoms with van der Waals surface area (Å²) in [6, 6.07) is 14.5. The second-order valence-corrected chi connectivity index (χ2v) is 4.90. The molecule has 2 N–H and O–H groups in total. The minimum atomic E-state index is -0.293. The van der Waals surface area contributed by atoms with Gasteiger partial charge in [0.05, 0.1) is 6.54 Å². The quantitative estimate of drug-likeness (QED) is 0.833. The molecule has 23 heavy (non-hydrogen) atoms. The lowest BCUT2D eigenvalue weighted by Crippen LogP contribution is -2.32. The highest BCUT2D eigenvalue weighted by Crippen LogP contribution is 2.32. The van der Waals surface area contributed by atoms with Crippen LogP contribution in [0.1, 0.15) is 0 Å². The van der Waals surface area contributed by atoms with Crippen LogP contribution in [0.4, 0.5) is 10.5 Å². The van der Waals surface area contributed by atoms with Crippen LogP contribution in [0.2, 0.25) is 0 Å². The molecule has 0 fully saturated rings. The third kappa shape index (κ3) is 4.29. The van der Waals surface area contributed by atoms with Gasteiger partial charge in [0, 0.05) is 11.8 Å². The fourth-order valence-corrected chi connectivity index (χ4v) is 2.15. The van der Waals surface area contributed by atoms with Crippen molar-refractivity contribution in [3.63, 3.8) is 0 Å². The van der Waals surface area contributed by atoms with Gasteiger partial charge in [-0.15, -0.1) is 0 Å². The number of nitrogens with one attached hydrogen (secondary N) is 2. The molecule has 2 amide bonds. The third-order valence-corrected chi connectivity index (χ3v) is 3.20. The van der Waals surface area contributed by atoms with Crippen LogP contribution in [0, 0.1) is 0 Å². The van der Waals surface area contributed by atoms with Crippen molar-refractivity contribution in [1.82, 2.24) is 5.32 Å². The third-order valence-electron chi connectivity index (χ3n) is 3.20. The van der Waals surface area contributed by atoms with Crippen LogP contribution in [-0.4, -0.2) is 32.4 Å². The van der Waals surface area contributed by atoms with E-state index in [0.29, 0.717) is 43.6 Å². The summed E-state index contributed by atoms with van der Waals surface area (Å²) in [7, 11) is 0. The molecular weight excluding hydrogens is 296 g/mol. The number of hydrogen-bond acceptors (Lipinski definition) is 4. The summed E-state index contributed by atoms with van der Waals surface area (Å²) in [5.41, 5.74) is 0.649. The number of urea groups is 1. The summed E-state index contributed by atoms with van der Waals surface area (Å²) in [6.45, 7) is 1.87. The predicted molar refractivity (Wildman–Crippen MR) is 86.4 cm³/mol. The first-order valence-electron chi connectivity index (χ1n) is 7.43. The van der Waals surface area contributed by atoms with Crippen molar-refractivity contribution < 1.29 is 19.0 Å². The average Bonchev–Trinajstić information content (AvgIpc) is 2.59. The lowest BCUT2D eigenvalue weighted by Gasteiger charge is -2.19. The highest BCUT2D eigenvalue weighted by molar-refractivity contribution is 5.89. The molecule has 1 aliphatic rings. The van der Waals surface area contributed by atoms with Crippen LogP contribution in [0.25, 0.3) is 0 Å². The normalized spacial score (nSPS) is 12.3. The highest BCUT2D eigenvalue weighted by atomic mass is 16.6. The van der Waals surface area contributed by atoms with Gasteiger partial charge in [-0.05, 0) is 24.3 Å². The molecule has 0 atom stereocenters. The number of rotatable bonds is 5. The van der Waals surface area contributed by atoms with Crippen molar-refractivity contribution in [2.24, 2.45) is 0 Å². The fraction of sp³-hybridized carbons (Fsp3) is 0.235. The van der Waals surface area contributed by atoms with Gasteiger partial charge in [-0.2, -0.15) is 0 Å². The Morgan fingerprint density at radius 1 is 1.04 bits per heavy atom. The molecule has 6 nitrogen and oxygen atoms in total. The van der Waals surface area contributed by atoms with Gasteiger partial charge in [0.15, 0.2) is 11.5 Å². The van der Waals surface area contributed by atoms with E-state index in [2.05, 4.69) is 10.6 Å². The van der Waals surface area contributed by atoms with Gasteiger partial charge in [0.25, 0.3) is 0 Å². The Morgan fingerprint density at radius 2 is 1.83 bits per heavy atom. The lowest BCUT2D eigenvalue weighted by molar-refractivity contribution is 0.171. The molecule has 0 bridgehead atoms. The predicted octanol–water partition coefficient (Wildman–Crippen LogP) is 2.66. The molecule has 6 heteroatoms. The Kier molecular flexibility index (Phi) is 4.83. The van der Waals surface area contributed by atoms with Crippen molar-refractivity contribution in [3.05, 3.63) is 48.5 Å². The lowest BCUT2D eigenvalue weighted by atomic mass is 10.2. The Hall–Kier alpha value is -2.89. The van der Waals surface area contributed by atoms with Crippen LogP contribution in [-0.2, 0) is 0 Å². The molecule has 0 aliphatic carbocycles. The maximum atomic E-state index is 11.8. The molecule has 1 aliphatic heterocycles. The van der Waals surface area contributed by atoms with Crippen molar-refractivity contribution in [3.8, 4) is 17.2 Å². The Balaban J connectivity index is 1.42. The largest absolute Gasteiger partial charge is 0.492 e. The van der Waals surface area contributed by atoms with Crippen molar-refractivity contribution in [1.29, 1.82) is 0 Å². The van der Waals surface area contributed by atoms with E-state index in [1.807, 2.05) is 30.3 Å². The molecule has 2 aromatic rings. The second-order valence-electron chi connectivity index (χ2n) is 4.90. The Labute approximate surface area is 134 Å². The van der Waals surface area contributed by atoms with Gasteiger partial charge in [-0.1, -0.05) is 18.2 Å². The first kappa shape index (κ1) is 15.0. The van der Waals surface area contributed by atoms with E-state index in [9.17, 15) is 4.79 Å². The van der Waals surface area contributed by atoms with Gasteiger partial charge in [-0.3, -0.25) is 0 Å². The molecule has 2 aromatic carbocycles. The van der Waals surface area contributed by atoms with Crippen molar-refractivity contribution >= 4 is 11.7 Å². The van der Waals surface area contributed by atoms with E-state index in [4.69, 9.17) is 14.2 Å². The van der Waals surface area contributed by atoms with Crippen LogP contribution in [0.3, 0.4) is 0 Å².